The summed E-state index contributed by atoms with van der Waals surface area (Å²) in [5.41, 5.74) is 0. The first-order chi connectivity index (χ1) is 8.95. The van der Waals surface area contributed by atoms with Crippen LogP contribution >= 0.6 is 34.7 Å². The van der Waals surface area contributed by atoms with Gasteiger partial charge < -0.3 is 0 Å². The molecule has 0 radical (unpaired) electrons. The van der Waals surface area contributed by atoms with Crippen LogP contribution in [0.3, 0.4) is 0 Å². The molecular formula is C10H14ClN3O2S3. The van der Waals surface area contributed by atoms with Gasteiger partial charge in [0.25, 0.3) is 10.0 Å². The fourth-order valence-corrected chi connectivity index (χ4v) is 4.97. The van der Waals surface area contributed by atoms with Crippen molar-refractivity contribution < 1.29 is 8.42 Å². The molecule has 0 aliphatic heterocycles. The van der Waals surface area contributed by atoms with Gasteiger partial charge in [-0.3, -0.25) is 4.40 Å². The largest absolute Gasteiger partial charge is 0.279 e. The molecule has 0 saturated heterocycles. The summed E-state index contributed by atoms with van der Waals surface area (Å²) in [6, 6.07) is -0.141. The molecule has 1 N–H and O–H groups in total. The van der Waals surface area contributed by atoms with E-state index in [1.807, 2.05) is 13.2 Å². The van der Waals surface area contributed by atoms with Gasteiger partial charge in [-0.25, -0.2) is 18.1 Å². The van der Waals surface area contributed by atoms with Crippen molar-refractivity contribution in [3.8, 4) is 0 Å². The highest BCUT2D eigenvalue weighted by Gasteiger charge is 2.26. The highest BCUT2D eigenvalue weighted by Crippen LogP contribution is 2.25. The van der Waals surface area contributed by atoms with E-state index in [4.69, 9.17) is 11.6 Å². The number of thioether (sulfide) groups is 1. The minimum absolute atomic E-state index is 0.0106. The lowest BCUT2D eigenvalue weighted by molar-refractivity contribution is 0.553. The molecule has 2 aromatic heterocycles. The number of aromatic nitrogens is 2. The van der Waals surface area contributed by atoms with Crippen molar-refractivity contribution in [3.05, 3.63) is 16.7 Å². The van der Waals surface area contributed by atoms with Crippen LogP contribution in [0.15, 0.2) is 16.6 Å². The second-order valence-electron chi connectivity index (χ2n) is 4.07. The number of sulfonamides is 1. The van der Waals surface area contributed by atoms with Crippen molar-refractivity contribution >= 4 is 49.7 Å². The van der Waals surface area contributed by atoms with Crippen LogP contribution in [0.4, 0.5) is 0 Å². The summed E-state index contributed by atoms with van der Waals surface area (Å²) < 4.78 is 28.8. The highest BCUT2D eigenvalue weighted by molar-refractivity contribution is 7.98. The summed E-state index contributed by atoms with van der Waals surface area (Å²) in [5.74, 6) is 0.900. The van der Waals surface area contributed by atoms with E-state index in [0.29, 0.717) is 4.96 Å². The van der Waals surface area contributed by atoms with Crippen molar-refractivity contribution in [3.63, 3.8) is 0 Å². The molecule has 9 heteroatoms. The molecule has 2 heterocycles. The molecule has 0 amide bonds. The highest BCUT2D eigenvalue weighted by atomic mass is 35.5. The van der Waals surface area contributed by atoms with Crippen molar-refractivity contribution in [2.75, 3.05) is 12.0 Å². The van der Waals surface area contributed by atoms with E-state index in [9.17, 15) is 8.42 Å². The van der Waals surface area contributed by atoms with Gasteiger partial charge >= 0.3 is 0 Å². The molecule has 0 aliphatic rings. The number of hydrogen-bond acceptors (Lipinski definition) is 5. The van der Waals surface area contributed by atoms with Crippen LogP contribution in [0.5, 0.6) is 0 Å². The minimum Gasteiger partial charge on any atom is -0.279 e. The van der Waals surface area contributed by atoms with Crippen molar-refractivity contribution in [2.45, 2.75) is 24.4 Å². The number of halogens is 1. The first-order valence-electron chi connectivity index (χ1n) is 5.58. The Hall–Kier alpha value is -0.280. The SMILES string of the molecule is CSCCC(C)NS(=O)(=O)c1c(Cl)nc2sccn12. The maximum atomic E-state index is 12.3. The van der Waals surface area contributed by atoms with Crippen LogP contribution in [0.25, 0.3) is 4.96 Å². The topological polar surface area (TPSA) is 63.5 Å². The lowest BCUT2D eigenvalue weighted by Gasteiger charge is -2.13. The normalized spacial score (nSPS) is 14.1. The first kappa shape index (κ1) is 15.1. The van der Waals surface area contributed by atoms with Gasteiger partial charge in [-0.1, -0.05) is 11.6 Å². The van der Waals surface area contributed by atoms with E-state index >= 15 is 0 Å². The zero-order valence-electron chi connectivity index (χ0n) is 10.5. The summed E-state index contributed by atoms with van der Waals surface area (Å²) >= 11 is 8.96. The van der Waals surface area contributed by atoms with Crippen LogP contribution < -0.4 is 4.72 Å². The Labute approximate surface area is 125 Å². The maximum Gasteiger partial charge on any atom is 0.260 e. The lowest BCUT2D eigenvalue weighted by atomic mass is 10.3. The average Bonchev–Trinajstić information content (AvgIpc) is 2.84. The zero-order chi connectivity index (χ0) is 14.0. The summed E-state index contributed by atoms with van der Waals surface area (Å²) in [6.45, 7) is 1.84. The zero-order valence-corrected chi connectivity index (χ0v) is 13.7. The number of hydrogen-bond donors (Lipinski definition) is 1. The number of imidazole rings is 1. The quantitative estimate of drug-likeness (QED) is 0.878. The van der Waals surface area contributed by atoms with Crippen LogP contribution in [0, 0.1) is 0 Å². The maximum absolute atomic E-state index is 12.3. The van der Waals surface area contributed by atoms with Crippen LogP contribution in [-0.4, -0.2) is 35.9 Å². The fraction of sp³-hybridized carbons (Fsp3) is 0.500. The molecule has 2 aromatic rings. The monoisotopic (exact) mass is 339 g/mol. The van der Waals surface area contributed by atoms with Gasteiger partial charge in [0.05, 0.1) is 0 Å². The molecule has 19 heavy (non-hydrogen) atoms. The summed E-state index contributed by atoms with van der Waals surface area (Å²) in [5, 5.41) is 1.80. The van der Waals surface area contributed by atoms with Crippen LogP contribution in [0.1, 0.15) is 13.3 Å². The molecule has 0 fully saturated rings. The number of fused-ring (bicyclic) bond motifs is 1. The average molecular weight is 340 g/mol. The van der Waals surface area contributed by atoms with Crippen LogP contribution in [-0.2, 0) is 10.0 Å². The Morgan fingerprint density at radius 2 is 2.37 bits per heavy atom. The van der Waals surface area contributed by atoms with Gasteiger partial charge in [0.15, 0.2) is 15.1 Å². The minimum atomic E-state index is -3.66. The number of rotatable bonds is 6. The molecule has 0 spiro atoms. The lowest BCUT2D eigenvalue weighted by Crippen LogP contribution is -2.33. The number of nitrogens with zero attached hydrogens (tertiary/aromatic N) is 2. The molecule has 0 aliphatic carbocycles. The van der Waals surface area contributed by atoms with Crippen molar-refractivity contribution in [2.24, 2.45) is 0 Å². The van der Waals surface area contributed by atoms with Gasteiger partial charge in [0.2, 0.25) is 0 Å². The Bertz CT molecular complexity index is 665. The standard InChI is InChI=1S/C10H14ClN3O2S3/c1-7(3-5-17-2)13-19(15,16)9-8(11)12-10-14(9)4-6-18-10/h4,6-7,13H,3,5H2,1-2H3. The second-order valence-corrected chi connectivity index (χ2v) is 7.91. The first-order valence-corrected chi connectivity index (χ1v) is 9.71. The van der Waals surface area contributed by atoms with Gasteiger partial charge in [-0.15, -0.1) is 11.3 Å². The summed E-state index contributed by atoms with van der Waals surface area (Å²) in [4.78, 5) is 4.60. The van der Waals surface area contributed by atoms with E-state index in [-0.39, 0.29) is 16.2 Å². The molecule has 0 saturated carbocycles. The summed E-state index contributed by atoms with van der Waals surface area (Å²) in [7, 11) is -3.66. The molecule has 2 rings (SSSR count). The number of thiazole rings is 1. The van der Waals surface area contributed by atoms with E-state index in [0.717, 1.165) is 12.2 Å². The van der Waals surface area contributed by atoms with Gasteiger partial charge in [-0.05, 0) is 25.4 Å². The van der Waals surface area contributed by atoms with Crippen molar-refractivity contribution in [1.82, 2.24) is 14.1 Å². The van der Waals surface area contributed by atoms with E-state index < -0.39 is 10.0 Å². The third-order valence-electron chi connectivity index (χ3n) is 2.54. The van der Waals surface area contributed by atoms with E-state index in [2.05, 4.69) is 9.71 Å². The third-order valence-corrected chi connectivity index (χ3v) is 5.93. The fourth-order valence-electron chi connectivity index (χ4n) is 1.65. The summed E-state index contributed by atoms with van der Waals surface area (Å²) in [6.07, 6.45) is 4.41. The van der Waals surface area contributed by atoms with E-state index in [1.54, 1.807) is 23.3 Å². The predicted octanol–water partition coefficient (Wildman–Crippen LogP) is 2.47. The molecular weight excluding hydrogens is 326 g/mol. The van der Waals surface area contributed by atoms with Crippen molar-refractivity contribution in [1.29, 1.82) is 0 Å². The Balaban J connectivity index is 2.28. The molecule has 1 atom stereocenters. The molecule has 5 nitrogen and oxygen atoms in total. The predicted molar refractivity (Wildman–Crippen MR) is 80.9 cm³/mol. The second kappa shape index (κ2) is 6.01. The van der Waals surface area contributed by atoms with Gasteiger partial charge in [0, 0.05) is 17.6 Å². The number of nitrogens with one attached hydrogen (secondary N) is 1. The Morgan fingerprint density at radius 1 is 1.63 bits per heavy atom. The third kappa shape index (κ3) is 3.25. The molecule has 0 bridgehead atoms. The Morgan fingerprint density at radius 3 is 3.05 bits per heavy atom. The van der Waals surface area contributed by atoms with Gasteiger partial charge in [-0.2, -0.15) is 11.8 Å². The molecule has 1 unspecified atom stereocenters. The Kier molecular flexibility index (Phi) is 4.78. The van der Waals surface area contributed by atoms with E-state index in [1.165, 1.54) is 15.7 Å². The smallest absolute Gasteiger partial charge is 0.260 e. The molecule has 106 valence electrons. The molecule has 0 aromatic carbocycles. The van der Waals surface area contributed by atoms with Gasteiger partial charge in [0.1, 0.15) is 0 Å². The van der Waals surface area contributed by atoms with Crippen LogP contribution in [0.2, 0.25) is 5.15 Å².